The van der Waals surface area contributed by atoms with Gasteiger partial charge in [0.05, 0.1) is 9.95 Å². The highest BCUT2D eigenvalue weighted by Gasteiger charge is 2.29. The van der Waals surface area contributed by atoms with Crippen molar-refractivity contribution in [2.75, 3.05) is 38.1 Å². The van der Waals surface area contributed by atoms with Crippen molar-refractivity contribution in [1.82, 2.24) is 9.80 Å². The van der Waals surface area contributed by atoms with Crippen LogP contribution in [0.15, 0.2) is 18.2 Å². The van der Waals surface area contributed by atoms with E-state index in [-0.39, 0.29) is 22.2 Å². The van der Waals surface area contributed by atoms with Gasteiger partial charge in [0, 0.05) is 44.1 Å². The Morgan fingerprint density at radius 1 is 1.33 bits per heavy atom. The van der Waals surface area contributed by atoms with Crippen LogP contribution in [0.25, 0.3) is 0 Å². The van der Waals surface area contributed by atoms with E-state index in [0.29, 0.717) is 13.1 Å². The number of piperazine rings is 1. The number of hydrogen-bond donors (Lipinski definition) is 0. The number of alkyl halides is 1. The molecule has 114 valence electrons. The Labute approximate surface area is 135 Å². The quantitative estimate of drug-likeness (QED) is 0.460. The standard InChI is InChI=1S/C13H15BrClN3O3/c14-4-5-16-6-8-17(9-7-16)13(19)12-10(15)2-1-3-11(12)18(20)21/h1-3H,4-9H2. The first-order valence-electron chi connectivity index (χ1n) is 6.55. The van der Waals surface area contributed by atoms with Gasteiger partial charge in [0.25, 0.3) is 11.6 Å². The lowest BCUT2D eigenvalue weighted by atomic mass is 10.1. The second-order valence-corrected chi connectivity index (χ2v) is 5.91. The molecule has 1 aromatic carbocycles. The van der Waals surface area contributed by atoms with Gasteiger partial charge in [-0.3, -0.25) is 19.8 Å². The normalized spacial score (nSPS) is 16.0. The Morgan fingerprint density at radius 3 is 2.57 bits per heavy atom. The molecule has 0 unspecified atom stereocenters. The van der Waals surface area contributed by atoms with E-state index in [2.05, 4.69) is 20.8 Å². The van der Waals surface area contributed by atoms with Crippen molar-refractivity contribution >= 4 is 39.1 Å². The third-order valence-electron chi connectivity index (χ3n) is 3.46. The fourth-order valence-corrected chi connectivity index (χ4v) is 3.08. The van der Waals surface area contributed by atoms with Crippen molar-refractivity contribution in [1.29, 1.82) is 0 Å². The minimum Gasteiger partial charge on any atom is -0.336 e. The number of hydrogen-bond acceptors (Lipinski definition) is 4. The molecule has 1 saturated heterocycles. The van der Waals surface area contributed by atoms with Gasteiger partial charge in [0.2, 0.25) is 0 Å². The van der Waals surface area contributed by atoms with Gasteiger partial charge >= 0.3 is 0 Å². The zero-order chi connectivity index (χ0) is 15.4. The molecule has 0 radical (unpaired) electrons. The molecule has 0 N–H and O–H groups in total. The van der Waals surface area contributed by atoms with Crippen molar-refractivity contribution in [2.24, 2.45) is 0 Å². The molecule has 21 heavy (non-hydrogen) atoms. The van der Waals surface area contributed by atoms with Crippen LogP contribution in [-0.2, 0) is 0 Å². The lowest BCUT2D eigenvalue weighted by Crippen LogP contribution is -2.49. The minimum atomic E-state index is -0.569. The molecule has 2 rings (SSSR count). The maximum Gasteiger partial charge on any atom is 0.283 e. The van der Waals surface area contributed by atoms with Crippen LogP contribution < -0.4 is 0 Å². The third-order valence-corrected chi connectivity index (χ3v) is 4.13. The van der Waals surface area contributed by atoms with E-state index in [4.69, 9.17) is 11.6 Å². The van der Waals surface area contributed by atoms with Crippen LogP contribution in [0.3, 0.4) is 0 Å². The topological polar surface area (TPSA) is 66.7 Å². The largest absolute Gasteiger partial charge is 0.336 e. The van der Waals surface area contributed by atoms with Gasteiger partial charge < -0.3 is 4.90 Å². The van der Waals surface area contributed by atoms with Crippen molar-refractivity contribution in [3.63, 3.8) is 0 Å². The molecule has 8 heteroatoms. The van der Waals surface area contributed by atoms with Crippen molar-refractivity contribution in [2.45, 2.75) is 0 Å². The third kappa shape index (κ3) is 3.72. The second kappa shape index (κ2) is 7.20. The van der Waals surface area contributed by atoms with Gasteiger partial charge in [-0.25, -0.2) is 0 Å². The second-order valence-electron chi connectivity index (χ2n) is 4.71. The van der Waals surface area contributed by atoms with E-state index in [1.54, 1.807) is 4.90 Å². The first-order chi connectivity index (χ1) is 10.0. The van der Waals surface area contributed by atoms with Crippen LogP contribution in [-0.4, -0.2) is 58.7 Å². The summed E-state index contributed by atoms with van der Waals surface area (Å²) in [7, 11) is 0. The first kappa shape index (κ1) is 16.2. The van der Waals surface area contributed by atoms with Crippen LogP contribution >= 0.6 is 27.5 Å². The molecule has 0 spiro atoms. The number of benzene rings is 1. The zero-order valence-corrected chi connectivity index (χ0v) is 13.6. The summed E-state index contributed by atoms with van der Waals surface area (Å²) < 4.78 is 0. The monoisotopic (exact) mass is 375 g/mol. The number of nitro benzene ring substituents is 1. The molecule has 0 saturated carbocycles. The average molecular weight is 377 g/mol. The fourth-order valence-electron chi connectivity index (χ4n) is 2.33. The summed E-state index contributed by atoms with van der Waals surface area (Å²) in [6.45, 7) is 3.54. The highest BCUT2D eigenvalue weighted by Crippen LogP contribution is 2.27. The Hall–Kier alpha value is -1.18. The van der Waals surface area contributed by atoms with E-state index in [1.165, 1.54) is 18.2 Å². The summed E-state index contributed by atoms with van der Waals surface area (Å²) >= 11 is 9.38. The molecule has 1 fully saturated rings. The van der Waals surface area contributed by atoms with Gasteiger partial charge in [-0.1, -0.05) is 33.6 Å². The van der Waals surface area contributed by atoms with Crippen LogP contribution in [0.1, 0.15) is 10.4 Å². The predicted molar refractivity (Wildman–Crippen MR) is 84.2 cm³/mol. The number of halogens is 2. The van der Waals surface area contributed by atoms with Crippen LogP contribution in [0, 0.1) is 10.1 Å². The van der Waals surface area contributed by atoms with Gasteiger partial charge in [-0.15, -0.1) is 0 Å². The van der Waals surface area contributed by atoms with Crippen LogP contribution in [0.5, 0.6) is 0 Å². The van der Waals surface area contributed by atoms with Crippen LogP contribution in [0.4, 0.5) is 5.69 Å². The van der Waals surface area contributed by atoms with Crippen molar-refractivity contribution < 1.29 is 9.72 Å². The zero-order valence-electron chi connectivity index (χ0n) is 11.3. The average Bonchev–Trinajstić information content (AvgIpc) is 2.47. The van der Waals surface area contributed by atoms with Crippen LogP contribution in [0.2, 0.25) is 5.02 Å². The Bertz CT molecular complexity index is 547. The first-order valence-corrected chi connectivity index (χ1v) is 8.05. The van der Waals surface area contributed by atoms with Gasteiger partial charge in [0.1, 0.15) is 5.56 Å². The molecule has 6 nitrogen and oxygen atoms in total. The molecule has 0 aliphatic carbocycles. The summed E-state index contributed by atoms with van der Waals surface area (Å²) in [5, 5.41) is 12.1. The minimum absolute atomic E-state index is 0.0156. The van der Waals surface area contributed by atoms with E-state index in [1.807, 2.05) is 0 Å². The Balaban J connectivity index is 2.16. The molecule has 1 aromatic rings. The fraction of sp³-hybridized carbons (Fsp3) is 0.462. The molecule has 1 aliphatic heterocycles. The maximum atomic E-state index is 12.5. The summed E-state index contributed by atoms with van der Waals surface area (Å²) in [6.07, 6.45) is 0. The lowest BCUT2D eigenvalue weighted by Gasteiger charge is -2.34. The smallest absolute Gasteiger partial charge is 0.283 e. The molecular weight excluding hydrogens is 362 g/mol. The highest BCUT2D eigenvalue weighted by molar-refractivity contribution is 9.09. The Kier molecular flexibility index (Phi) is 5.55. The van der Waals surface area contributed by atoms with Gasteiger partial charge in [-0.05, 0) is 6.07 Å². The summed E-state index contributed by atoms with van der Waals surface area (Å²) in [5.74, 6) is -0.370. The van der Waals surface area contributed by atoms with E-state index in [0.717, 1.165) is 25.0 Å². The van der Waals surface area contributed by atoms with Gasteiger partial charge in [0.15, 0.2) is 0 Å². The Morgan fingerprint density at radius 2 is 2.00 bits per heavy atom. The number of amides is 1. The van der Waals surface area contributed by atoms with E-state index < -0.39 is 4.92 Å². The molecular formula is C13H15BrClN3O3. The molecule has 1 heterocycles. The number of rotatable bonds is 4. The van der Waals surface area contributed by atoms with Crippen molar-refractivity contribution in [3.8, 4) is 0 Å². The lowest BCUT2D eigenvalue weighted by molar-refractivity contribution is -0.385. The SMILES string of the molecule is O=C(c1c(Cl)cccc1[N+](=O)[O-])N1CCN(CCBr)CC1. The molecule has 1 amide bonds. The van der Waals surface area contributed by atoms with E-state index in [9.17, 15) is 14.9 Å². The number of carbonyl (C=O) groups excluding carboxylic acids is 1. The molecule has 1 aliphatic rings. The van der Waals surface area contributed by atoms with Crippen molar-refractivity contribution in [3.05, 3.63) is 38.9 Å². The molecule has 0 aromatic heterocycles. The summed E-state index contributed by atoms with van der Waals surface area (Å²) in [5.41, 5.74) is -0.256. The van der Waals surface area contributed by atoms with E-state index >= 15 is 0 Å². The molecule has 0 bridgehead atoms. The summed E-state index contributed by atoms with van der Waals surface area (Å²) in [6, 6.07) is 4.29. The molecule has 0 atom stereocenters. The van der Waals surface area contributed by atoms with Gasteiger partial charge in [-0.2, -0.15) is 0 Å². The highest BCUT2D eigenvalue weighted by atomic mass is 79.9. The maximum absolute atomic E-state index is 12.5. The number of nitro groups is 1. The number of nitrogens with zero attached hydrogens (tertiary/aromatic N) is 3. The predicted octanol–water partition coefficient (Wildman–Crippen LogP) is 2.40. The number of carbonyl (C=O) groups is 1. The summed E-state index contributed by atoms with van der Waals surface area (Å²) in [4.78, 5) is 26.9.